The van der Waals surface area contributed by atoms with Crippen LogP contribution < -0.4 is 10.2 Å². The summed E-state index contributed by atoms with van der Waals surface area (Å²) in [4.78, 5) is 2.21. The number of nitrogens with zero attached hydrogens (tertiary/aromatic N) is 1. The highest BCUT2D eigenvalue weighted by atomic mass is 19.4. The Morgan fingerprint density at radius 2 is 1.95 bits per heavy atom. The Morgan fingerprint density at radius 1 is 1.25 bits per heavy atom. The van der Waals surface area contributed by atoms with Crippen molar-refractivity contribution in [2.24, 2.45) is 0 Å². The van der Waals surface area contributed by atoms with Gasteiger partial charge >= 0.3 is 6.98 Å². The number of hydrogen-bond acceptors (Lipinski definition) is 3. The first-order valence-corrected chi connectivity index (χ1v) is 6.70. The zero-order chi connectivity index (χ0) is 14.6. The lowest BCUT2D eigenvalue weighted by Crippen LogP contribution is -2.38. The lowest BCUT2D eigenvalue weighted by molar-refractivity contribution is 0.0322. The Morgan fingerprint density at radius 3 is 2.55 bits per heavy atom. The highest BCUT2D eigenvalue weighted by Crippen LogP contribution is 2.18. The maximum Gasteiger partial charge on any atom is 0.509 e. The summed E-state index contributed by atoms with van der Waals surface area (Å²) in [5.74, 6) is 0.516. The molecule has 1 aromatic rings. The quantitative estimate of drug-likeness (QED) is 0.771. The molecule has 2 rings (SSSR count). The SMILES string of the molecule is Cc1cc([B-](F)(F)F)ccc1OCCN1CCOCC1. The van der Waals surface area contributed by atoms with Crippen molar-refractivity contribution >= 4 is 12.4 Å². The van der Waals surface area contributed by atoms with Crippen LogP contribution in [-0.2, 0) is 4.74 Å². The molecule has 1 aliphatic heterocycles. The first-order valence-electron chi connectivity index (χ1n) is 6.70. The first-order chi connectivity index (χ1) is 9.47. The second-order valence-electron chi connectivity index (χ2n) is 4.90. The zero-order valence-electron chi connectivity index (χ0n) is 11.4. The van der Waals surface area contributed by atoms with Crippen molar-refractivity contribution in [3.05, 3.63) is 23.8 Å². The van der Waals surface area contributed by atoms with Crippen LogP contribution >= 0.6 is 0 Å². The van der Waals surface area contributed by atoms with Gasteiger partial charge in [0.05, 0.1) is 13.2 Å². The topological polar surface area (TPSA) is 21.7 Å². The third kappa shape index (κ3) is 4.14. The van der Waals surface area contributed by atoms with E-state index in [9.17, 15) is 12.9 Å². The number of halogens is 3. The van der Waals surface area contributed by atoms with Gasteiger partial charge in [0.2, 0.25) is 0 Å². The van der Waals surface area contributed by atoms with Gasteiger partial charge in [0, 0.05) is 19.6 Å². The Labute approximate surface area is 116 Å². The van der Waals surface area contributed by atoms with Crippen LogP contribution in [0.3, 0.4) is 0 Å². The molecule has 1 saturated heterocycles. The molecule has 0 atom stereocenters. The molecule has 1 aromatic carbocycles. The van der Waals surface area contributed by atoms with E-state index < -0.39 is 12.4 Å². The van der Waals surface area contributed by atoms with E-state index in [-0.39, 0.29) is 0 Å². The molecule has 0 aliphatic carbocycles. The van der Waals surface area contributed by atoms with Crippen molar-refractivity contribution < 1.29 is 22.4 Å². The molecule has 1 fully saturated rings. The minimum atomic E-state index is -4.95. The predicted molar refractivity (Wildman–Crippen MR) is 72.6 cm³/mol. The Balaban J connectivity index is 1.86. The monoisotopic (exact) mass is 288 g/mol. The number of aryl methyl sites for hydroxylation is 1. The molecule has 112 valence electrons. The maximum atomic E-state index is 12.6. The highest BCUT2D eigenvalue weighted by Gasteiger charge is 2.25. The molecule has 0 spiro atoms. The molecule has 1 aliphatic rings. The Kier molecular flexibility index (Phi) is 4.93. The number of hydrogen-bond donors (Lipinski definition) is 0. The van der Waals surface area contributed by atoms with Gasteiger partial charge in [-0.15, -0.1) is 5.46 Å². The van der Waals surface area contributed by atoms with Crippen molar-refractivity contribution in [1.29, 1.82) is 0 Å². The Hall–Kier alpha value is -1.21. The van der Waals surface area contributed by atoms with Crippen LogP contribution in [0.1, 0.15) is 5.56 Å². The summed E-state index contributed by atoms with van der Waals surface area (Å²) in [7, 11) is 0. The van der Waals surface area contributed by atoms with Gasteiger partial charge in [-0.3, -0.25) is 4.90 Å². The molecule has 1 heterocycles. The molecule has 20 heavy (non-hydrogen) atoms. The van der Waals surface area contributed by atoms with Crippen molar-refractivity contribution in [1.82, 2.24) is 4.90 Å². The second-order valence-corrected chi connectivity index (χ2v) is 4.90. The average Bonchev–Trinajstić information content (AvgIpc) is 2.40. The first kappa shape index (κ1) is 15.2. The van der Waals surface area contributed by atoms with Gasteiger partial charge in [-0.05, 0) is 18.6 Å². The molecule has 3 nitrogen and oxygen atoms in total. The predicted octanol–water partition coefficient (Wildman–Crippen LogP) is 1.76. The van der Waals surface area contributed by atoms with Crippen molar-refractivity contribution in [3.8, 4) is 5.75 Å². The molecule has 0 saturated carbocycles. The summed E-state index contributed by atoms with van der Waals surface area (Å²) < 4.78 is 48.6. The fraction of sp³-hybridized carbons (Fsp3) is 0.538. The Bertz CT molecular complexity index is 448. The van der Waals surface area contributed by atoms with Crippen LogP contribution in [0.2, 0.25) is 0 Å². The lowest BCUT2D eigenvalue weighted by atomic mass is 9.79. The van der Waals surface area contributed by atoms with Gasteiger partial charge in [-0.25, -0.2) is 0 Å². The van der Waals surface area contributed by atoms with Gasteiger partial charge in [0.25, 0.3) is 0 Å². The second kappa shape index (κ2) is 6.50. The molecule has 0 radical (unpaired) electrons. The average molecular weight is 288 g/mol. The normalized spacial score (nSPS) is 17.2. The summed E-state index contributed by atoms with van der Waals surface area (Å²) in [6.45, 7) is 1.11. The van der Waals surface area contributed by atoms with Crippen molar-refractivity contribution in [2.45, 2.75) is 6.92 Å². The summed E-state index contributed by atoms with van der Waals surface area (Å²) in [5.41, 5.74) is -0.0632. The van der Waals surface area contributed by atoms with E-state index in [0.29, 0.717) is 17.9 Å². The fourth-order valence-corrected chi connectivity index (χ4v) is 2.15. The standard InChI is InChI=1S/C13H18BF3NO2/c1-11-10-12(14(15,16)17)2-3-13(11)20-9-6-18-4-7-19-8-5-18/h2-3,10H,4-9H2,1H3/q-1. The minimum Gasteiger partial charge on any atom is -0.492 e. The summed E-state index contributed by atoms with van der Waals surface area (Å²) >= 11 is 0. The largest absolute Gasteiger partial charge is 0.509 e. The number of morpholine rings is 1. The molecule has 7 heteroatoms. The van der Waals surface area contributed by atoms with Crippen molar-refractivity contribution in [3.63, 3.8) is 0 Å². The van der Waals surface area contributed by atoms with Crippen LogP contribution in [0.5, 0.6) is 5.75 Å². The van der Waals surface area contributed by atoms with E-state index in [1.165, 1.54) is 6.07 Å². The zero-order valence-corrected chi connectivity index (χ0v) is 11.4. The summed E-state index contributed by atoms with van der Waals surface area (Å²) in [5, 5.41) is 0. The van der Waals surface area contributed by atoms with E-state index in [1.54, 1.807) is 6.92 Å². The van der Waals surface area contributed by atoms with Gasteiger partial charge in [0.15, 0.2) is 0 Å². The van der Waals surface area contributed by atoms with Gasteiger partial charge in [-0.2, -0.15) is 0 Å². The van der Waals surface area contributed by atoms with E-state index in [1.807, 2.05) is 0 Å². The molecular formula is C13H18BF3NO2-. The van der Waals surface area contributed by atoms with Crippen LogP contribution in [-0.4, -0.2) is 51.3 Å². The summed E-state index contributed by atoms with van der Waals surface area (Å²) in [6, 6.07) is 3.63. The molecule has 0 N–H and O–H groups in total. The van der Waals surface area contributed by atoms with Gasteiger partial charge < -0.3 is 22.4 Å². The third-order valence-electron chi connectivity index (χ3n) is 3.35. The van der Waals surface area contributed by atoms with Crippen LogP contribution in [0.25, 0.3) is 0 Å². The van der Waals surface area contributed by atoms with Gasteiger partial charge in [-0.1, -0.05) is 12.1 Å². The van der Waals surface area contributed by atoms with Crippen LogP contribution in [0.15, 0.2) is 18.2 Å². The number of rotatable bonds is 5. The lowest BCUT2D eigenvalue weighted by Gasteiger charge is -2.26. The molecule has 0 bridgehead atoms. The molecule has 0 amide bonds. The van der Waals surface area contributed by atoms with Crippen LogP contribution in [0.4, 0.5) is 12.9 Å². The number of ether oxygens (including phenoxy) is 2. The molecule has 0 unspecified atom stereocenters. The number of benzene rings is 1. The smallest absolute Gasteiger partial charge is 0.492 e. The molecule has 0 aromatic heterocycles. The summed E-state index contributed by atoms with van der Waals surface area (Å²) in [6.07, 6.45) is 0. The molecular weight excluding hydrogens is 270 g/mol. The van der Waals surface area contributed by atoms with E-state index in [4.69, 9.17) is 9.47 Å². The third-order valence-corrected chi connectivity index (χ3v) is 3.35. The van der Waals surface area contributed by atoms with E-state index in [0.717, 1.165) is 45.0 Å². The van der Waals surface area contributed by atoms with Gasteiger partial charge in [0.1, 0.15) is 12.4 Å². The van der Waals surface area contributed by atoms with E-state index in [2.05, 4.69) is 4.90 Å². The van der Waals surface area contributed by atoms with Crippen LogP contribution in [0, 0.1) is 6.92 Å². The highest BCUT2D eigenvalue weighted by molar-refractivity contribution is 6.73. The maximum absolute atomic E-state index is 12.6. The minimum absolute atomic E-state index is 0.470. The van der Waals surface area contributed by atoms with Crippen molar-refractivity contribution in [2.75, 3.05) is 39.5 Å². The van der Waals surface area contributed by atoms with E-state index >= 15 is 0 Å². The fourth-order valence-electron chi connectivity index (χ4n) is 2.15.